The molecule has 2 atom stereocenters. The second-order valence-corrected chi connectivity index (χ2v) is 11.8. The Kier molecular flexibility index (Phi) is 5.29. The Morgan fingerprint density at radius 2 is 1.89 bits per heavy atom. The van der Waals surface area contributed by atoms with Crippen molar-refractivity contribution in [3.8, 4) is 0 Å². The quantitative estimate of drug-likeness (QED) is 0.350. The number of sulfonamides is 1. The third kappa shape index (κ3) is 3.20. The van der Waals surface area contributed by atoms with E-state index in [1.807, 2.05) is 22.9 Å². The predicted molar refractivity (Wildman–Crippen MR) is 129 cm³/mol. The van der Waals surface area contributed by atoms with Crippen molar-refractivity contribution >= 4 is 89.8 Å². The molecule has 0 aliphatic carbocycles. The zero-order valence-corrected chi connectivity index (χ0v) is 21.2. The molecule has 8 nitrogen and oxygen atoms in total. The van der Waals surface area contributed by atoms with Gasteiger partial charge in [-0.2, -0.15) is 0 Å². The van der Waals surface area contributed by atoms with Gasteiger partial charge in [-0.05, 0) is 19.9 Å². The van der Waals surface area contributed by atoms with Crippen LogP contribution in [0.25, 0.3) is 11.0 Å². The Hall–Kier alpha value is -0.380. The SMILES string of the molecule is Cc1nc2c(cc1Cl)c1c(c(=O)n2I)N(S(C)(=O)=O)CC2CN(I)C(C)CN12. The first-order valence-electron chi connectivity index (χ1n) is 8.59. The molecule has 1 saturated heterocycles. The highest BCUT2D eigenvalue weighted by Crippen LogP contribution is 2.42. The molecule has 0 amide bonds. The minimum atomic E-state index is -3.63. The molecule has 0 bridgehead atoms. The van der Waals surface area contributed by atoms with Crippen LogP contribution in [0.2, 0.25) is 5.02 Å². The third-order valence-corrected chi connectivity index (χ3v) is 9.01. The number of piperazine rings is 1. The predicted octanol–water partition coefficient (Wildman–Crippen LogP) is 2.57. The number of hydrogen-bond donors (Lipinski definition) is 0. The van der Waals surface area contributed by atoms with Crippen molar-refractivity contribution in [2.24, 2.45) is 0 Å². The molecular formula is C16H18ClI2N5O3S. The fourth-order valence-electron chi connectivity index (χ4n) is 3.84. The lowest BCUT2D eigenvalue weighted by molar-refractivity contribution is 0.311. The van der Waals surface area contributed by atoms with Gasteiger partial charge >= 0.3 is 0 Å². The topological polar surface area (TPSA) is 78.8 Å². The van der Waals surface area contributed by atoms with Crippen LogP contribution in [0, 0.1) is 6.92 Å². The van der Waals surface area contributed by atoms with Gasteiger partial charge in [-0.3, -0.25) is 9.10 Å². The molecule has 152 valence electrons. The van der Waals surface area contributed by atoms with Crippen LogP contribution in [0.4, 0.5) is 11.4 Å². The molecule has 12 heteroatoms. The van der Waals surface area contributed by atoms with Gasteiger partial charge in [-0.15, -0.1) is 0 Å². The van der Waals surface area contributed by atoms with E-state index in [-0.39, 0.29) is 29.9 Å². The molecule has 0 saturated carbocycles. The highest BCUT2D eigenvalue weighted by atomic mass is 127. The summed E-state index contributed by atoms with van der Waals surface area (Å²) in [6.45, 7) is 5.51. The number of aromatic nitrogens is 2. The maximum atomic E-state index is 13.2. The van der Waals surface area contributed by atoms with Crippen molar-refractivity contribution in [1.29, 1.82) is 0 Å². The molecule has 4 heterocycles. The molecule has 1 fully saturated rings. The highest BCUT2D eigenvalue weighted by Gasteiger charge is 2.42. The van der Waals surface area contributed by atoms with E-state index < -0.39 is 10.0 Å². The number of fused-ring (bicyclic) bond motifs is 5. The summed E-state index contributed by atoms with van der Waals surface area (Å²) < 4.78 is 30.0. The van der Waals surface area contributed by atoms with Gasteiger partial charge in [0, 0.05) is 47.4 Å². The smallest absolute Gasteiger partial charge is 0.287 e. The van der Waals surface area contributed by atoms with Gasteiger partial charge in [0.2, 0.25) is 10.0 Å². The van der Waals surface area contributed by atoms with Crippen LogP contribution in [0.3, 0.4) is 0 Å². The summed E-state index contributed by atoms with van der Waals surface area (Å²) in [7, 11) is -3.63. The minimum absolute atomic E-state index is 0.0666. The van der Waals surface area contributed by atoms with Crippen molar-refractivity contribution < 1.29 is 8.42 Å². The van der Waals surface area contributed by atoms with E-state index in [2.05, 4.69) is 42.8 Å². The Morgan fingerprint density at radius 1 is 1.21 bits per heavy atom. The fraction of sp³-hybridized carbons (Fsp3) is 0.500. The largest absolute Gasteiger partial charge is 0.361 e. The Morgan fingerprint density at radius 3 is 2.54 bits per heavy atom. The number of nitrogens with zero attached hydrogens (tertiary/aromatic N) is 5. The van der Waals surface area contributed by atoms with Crippen LogP contribution >= 0.6 is 57.3 Å². The van der Waals surface area contributed by atoms with Gasteiger partial charge in [0.25, 0.3) is 5.56 Å². The van der Waals surface area contributed by atoms with Crippen LogP contribution in [0.5, 0.6) is 0 Å². The summed E-state index contributed by atoms with van der Waals surface area (Å²) in [6.07, 6.45) is 1.14. The van der Waals surface area contributed by atoms with Gasteiger partial charge in [0.15, 0.2) is 5.65 Å². The van der Waals surface area contributed by atoms with Crippen molar-refractivity contribution in [1.82, 2.24) is 10.9 Å². The van der Waals surface area contributed by atoms with Crippen molar-refractivity contribution in [2.45, 2.75) is 25.9 Å². The molecule has 2 aromatic heterocycles. The number of halogens is 3. The molecule has 2 aromatic rings. The number of rotatable bonds is 1. The van der Waals surface area contributed by atoms with Crippen LogP contribution in [0.1, 0.15) is 12.6 Å². The number of hydrogen-bond acceptors (Lipinski definition) is 6. The van der Waals surface area contributed by atoms with E-state index in [9.17, 15) is 13.2 Å². The van der Waals surface area contributed by atoms with Crippen molar-refractivity contribution in [3.63, 3.8) is 0 Å². The normalized spacial score (nSPS) is 23.1. The summed E-state index contributed by atoms with van der Waals surface area (Å²) in [4.78, 5) is 19.9. The first kappa shape index (κ1) is 20.9. The van der Waals surface area contributed by atoms with E-state index in [0.29, 0.717) is 40.5 Å². The van der Waals surface area contributed by atoms with Crippen molar-refractivity contribution in [3.05, 3.63) is 27.1 Å². The van der Waals surface area contributed by atoms with Crippen LogP contribution in [-0.2, 0) is 10.0 Å². The molecule has 0 spiro atoms. The molecule has 0 radical (unpaired) electrons. The molecule has 28 heavy (non-hydrogen) atoms. The molecule has 2 aliphatic heterocycles. The van der Waals surface area contributed by atoms with Crippen molar-refractivity contribution in [2.75, 3.05) is 35.1 Å². The lowest BCUT2D eigenvalue weighted by Crippen LogP contribution is -2.62. The zero-order valence-electron chi connectivity index (χ0n) is 15.4. The summed E-state index contributed by atoms with van der Waals surface area (Å²) >= 11 is 10.5. The van der Waals surface area contributed by atoms with E-state index in [1.165, 1.54) is 7.09 Å². The zero-order chi connectivity index (χ0) is 20.5. The van der Waals surface area contributed by atoms with E-state index >= 15 is 0 Å². The second kappa shape index (κ2) is 7.10. The van der Waals surface area contributed by atoms with Crippen LogP contribution in [0.15, 0.2) is 10.9 Å². The maximum absolute atomic E-state index is 13.2. The second-order valence-electron chi connectivity index (χ2n) is 7.24. The average Bonchev–Trinajstić information content (AvgIpc) is 2.60. The number of anilines is 2. The molecular weight excluding hydrogens is 632 g/mol. The van der Waals surface area contributed by atoms with Crippen LogP contribution < -0.4 is 14.8 Å². The van der Waals surface area contributed by atoms with Gasteiger partial charge < -0.3 is 4.90 Å². The third-order valence-electron chi connectivity index (χ3n) is 5.26. The molecule has 4 rings (SSSR count). The van der Waals surface area contributed by atoms with E-state index in [1.54, 1.807) is 13.0 Å². The van der Waals surface area contributed by atoms with Gasteiger partial charge in [-0.1, -0.05) is 11.6 Å². The Balaban J connectivity index is 2.12. The Labute approximate surface area is 195 Å². The van der Waals surface area contributed by atoms with Gasteiger partial charge in [0.1, 0.15) is 5.69 Å². The molecule has 0 aromatic carbocycles. The van der Waals surface area contributed by atoms with Gasteiger partial charge in [-0.25, -0.2) is 19.3 Å². The first-order chi connectivity index (χ1) is 13.0. The van der Waals surface area contributed by atoms with Gasteiger partial charge in [0.05, 0.1) is 58.1 Å². The Bertz CT molecular complexity index is 1160. The lowest BCUT2D eigenvalue weighted by Gasteiger charge is -2.49. The summed E-state index contributed by atoms with van der Waals surface area (Å²) in [5, 5.41) is 1.17. The summed E-state index contributed by atoms with van der Waals surface area (Å²) in [6, 6.07) is 1.97. The number of pyridine rings is 2. The minimum Gasteiger partial charge on any atom is -0.361 e. The van der Waals surface area contributed by atoms with E-state index in [4.69, 9.17) is 11.6 Å². The lowest BCUT2D eigenvalue weighted by atomic mass is 10.0. The monoisotopic (exact) mass is 649 g/mol. The highest BCUT2D eigenvalue weighted by molar-refractivity contribution is 14.1. The summed E-state index contributed by atoms with van der Waals surface area (Å²) in [5.74, 6) is 0. The van der Waals surface area contributed by atoms with Crippen LogP contribution in [-0.4, -0.2) is 57.3 Å². The first-order valence-corrected chi connectivity index (χ1v) is 12.7. The average molecular weight is 650 g/mol. The fourth-order valence-corrected chi connectivity index (χ4v) is 6.16. The standard InChI is InChI=1S/C16H18ClI2N5O3S/c1-8-5-21-10(6-22(8)18)7-23(28(3,26)27)14-13(21)11-4-12(17)9(2)20-15(11)24(19)16(14)25/h4,8,10H,5-7H2,1-3H3. The van der Waals surface area contributed by atoms with E-state index in [0.717, 1.165) is 6.26 Å². The molecule has 2 unspecified atom stereocenters. The summed E-state index contributed by atoms with van der Waals surface area (Å²) in [5.41, 5.74) is 1.52. The maximum Gasteiger partial charge on any atom is 0.287 e. The number of aryl methyl sites for hydroxylation is 1. The molecule has 2 aliphatic rings. The molecule has 0 N–H and O–H groups in total.